The minimum absolute atomic E-state index is 0.246. The van der Waals surface area contributed by atoms with E-state index in [-0.39, 0.29) is 12.4 Å². The van der Waals surface area contributed by atoms with Crippen LogP contribution in [0, 0.1) is 0 Å². The zero-order valence-corrected chi connectivity index (χ0v) is 8.03. The van der Waals surface area contributed by atoms with Gasteiger partial charge in [-0.1, -0.05) is 24.3 Å². The van der Waals surface area contributed by atoms with Crippen molar-refractivity contribution in [3.8, 4) is 0 Å². The van der Waals surface area contributed by atoms with E-state index in [1.54, 1.807) is 12.2 Å². The number of carbonyl (C=O) groups excluding carboxylic acids is 2. The second-order valence-electron chi connectivity index (χ2n) is 2.96. The van der Waals surface area contributed by atoms with Crippen molar-refractivity contribution in [1.29, 1.82) is 0 Å². The molecule has 14 heavy (non-hydrogen) atoms. The van der Waals surface area contributed by atoms with Crippen LogP contribution in [0.25, 0.3) is 0 Å². The van der Waals surface area contributed by atoms with Gasteiger partial charge in [0.05, 0.1) is 13.5 Å². The van der Waals surface area contributed by atoms with Gasteiger partial charge in [-0.2, -0.15) is 0 Å². The van der Waals surface area contributed by atoms with Crippen molar-refractivity contribution >= 4 is 12.3 Å². The van der Waals surface area contributed by atoms with E-state index in [1.165, 1.54) is 7.11 Å². The van der Waals surface area contributed by atoms with E-state index in [1.807, 2.05) is 12.2 Å². The lowest BCUT2D eigenvalue weighted by Gasteiger charge is -1.98. The third-order valence-corrected chi connectivity index (χ3v) is 1.92. The van der Waals surface area contributed by atoms with Crippen LogP contribution >= 0.6 is 0 Å². The number of esters is 1. The molecule has 0 spiro atoms. The van der Waals surface area contributed by atoms with Crippen LogP contribution in [0.1, 0.15) is 12.8 Å². The maximum atomic E-state index is 11.0. The van der Waals surface area contributed by atoms with Gasteiger partial charge < -0.3 is 4.74 Å². The summed E-state index contributed by atoms with van der Waals surface area (Å²) in [5.74, 6) is -0.274. The fourth-order valence-corrected chi connectivity index (χ4v) is 1.13. The minimum atomic E-state index is -0.274. The van der Waals surface area contributed by atoms with E-state index in [4.69, 9.17) is 0 Å². The Morgan fingerprint density at radius 2 is 2.36 bits per heavy atom. The predicted octanol–water partition coefficient (Wildman–Crippen LogP) is 1.56. The summed E-state index contributed by atoms with van der Waals surface area (Å²) in [4.78, 5) is 21.4. The van der Waals surface area contributed by atoms with Crippen molar-refractivity contribution in [2.75, 3.05) is 7.11 Å². The summed E-state index contributed by atoms with van der Waals surface area (Å²) in [6, 6.07) is 0. The van der Waals surface area contributed by atoms with Crippen LogP contribution in [0.5, 0.6) is 0 Å². The van der Waals surface area contributed by atoms with Crippen molar-refractivity contribution in [3.63, 3.8) is 0 Å². The highest BCUT2D eigenvalue weighted by Gasteiger charge is 2.04. The van der Waals surface area contributed by atoms with Crippen LogP contribution in [0.4, 0.5) is 0 Å². The van der Waals surface area contributed by atoms with Crippen LogP contribution in [0.2, 0.25) is 0 Å². The van der Waals surface area contributed by atoms with E-state index in [0.29, 0.717) is 12.0 Å². The zero-order valence-electron chi connectivity index (χ0n) is 8.03. The summed E-state index contributed by atoms with van der Waals surface area (Å²) < 4.78 is 4.54. The molecule has 1 aliphatic rings. The first-order valence-electron chi connectivity index (χ1n) is 4.34. The second-order valence-corrected chi connectivity index (χ2v) is 2.96. The molecular formula is C11H12O3. The van der Waals surface area contributed by atoms with Gasteiger partial charge in [0.2, 0.25) is 0 Å². The van der Waals surface area contributed by atoms with Crippen LogP contribution in [0.15, 0.2) is 35.5 Å². The van der Waals surface area contributed by atoms with Gasteiger partial charge in [-0.15, -0.1) is 0 Å². The molecule has 0 unspecified atom stereocenters. The Bertz CT molecular complexity index is 321. The molecule has 0 aromatic carbocycles. The number of carbonyl (C=O) groups is 2. The van der Waals surface area contributed by atoms with Gasteiger partial charge in [-0.3, -0.25) is 9.59 Å². The Hall–Kier alpha value is -1.64. The first-order chi connectivity index (χ1) is 6.76. The summed E-state index contributed by atoms with van der Waals surface area (Å²) >= 11 is 0. The summed E-state index contributed by atoms with van der Waals surface area (Å²) in [6.07, 6.45) is 8.88. The van der Waals surface area contributed by atoms with E-state index in [2.05, 4.69) is 4.74 Å². The molecule has 0 atom stereocenters. The second kappa shape index (κ2) is 5.17. The van der Waals surface area contributed by atoms with Crippen molar-refractivity contribution in [2.24, 2.45) is 0 Å². The van der Waals surface area contributed by atoms with Gasteiger partial charge in [-0.25, -0.2) is 0 Å². The molecule has 0 saturated carbocycles. The third kappa shape index (κ3) is 3.01. The Kier molecular flexibility index (Phi) is 3.85. The monoisotopic (exact) mass is 192 g/mol. The standard InChI is InChI=1S/C11H12O3/c1-14-11(13)7-9-3-2-4-10(8-12)6-5-9/h2-3,5-6,8H,4,7H2,1H3. The Labute approximate surface area is 82.8 Å². The number of hydrogen-bond acceptors (Lipinski definition) is 3. The molecule has 0 amide bonds. The first kappa shape index (κ1) is 10.4. The molecule has 0 bridgehead atoms. The van der Waals surface area contributed by atoms with Gasteiger partial charge in [0, 0.05) is 0 Å². The van der Waals surface area contributed by atoms with E-state index in [9.17, 15) is 9.59 Å². The Morgan fingerprint density at radius 3 is 3.00 bits per heavy atom. The number of hydrogen-bond donors (Lipinski definition) is 0. The SMILES string of the molecule is COC(=O)CC1=CC=C(C=O)CC=C1. The molecular weight excluding hydrogens is 180 g/mol. The summed E-state index contributed by atoms with van der Waals surface area (Å²) in [5, 5.41) is 0. The van der Waals surface area contributed by atoms with Crippen molar-refractivity contribution in [1.82, 2.24) is 0 Å². The fourth-order valence-electron chi connectivity index (χ4n) is 1.13. The predicted molar refractivity (Wildman–Crippen MR) is 52.6 cm³/mol. The largest absolute Gasteiger partial charge is 0.469 e. The Balaban J connectivity index is 2.70. The number of methoxy groups -OCH3 is 1. The van der Waals surface area contributed by atoms with Crippen molar-refractivity contribution in [2.45, 2.75) is 12.8 Å². The average molecular weight is 192 g/mol. The van der Waals surface area contributed by atoms with Crippen LogP contribution < -0.4 is 0 Å². The van der Waals surface area contributed by atoms with Crippen LogP contribution in [0.3, 0.4) is 0 Å². The topological polar surface area (TPSA) is 43.4 Å². The van der Waals surface area contributed by atoms with Crippen molar-refractivity contribution in [3.05, 3.63) is 35.5 Å². The van der Waals surface area contributed by atoms with E-state index in [0.717, 1.165) is 11.9 Å². The molecule has 0 aromatic rings. The highest BCUT2D eigenvalue weighted by Crippen LogP contribution is 2.12. The molecule has 0 heterocycles. The maximum absolute atomic E-state index is 11.0. The number of ether oxygens (including phenoxy) is 1. The lowest BCUT2D eigenvalue weighted by atomic mass is 10.1. The van der Waals surface area contributed by atoms with Crippen LogP contribution in [-0.2, 0) is 14.3 Å². The van der Waals surface area contributed by atoms with Gasteiger partial charge in [0.25, 0.3) is 0 Å². The molecule has 3 nitrogen and oxygen atoms in total. The fraction of sp³-hybridized carbons (Fsp3) is 0.273. The summed E-state index contributed by atoms with van der Waals surface area (Å²) in [6.45, 7) is 0. The van der Waals surface area contributed by atoms with Gasteiger partial charge in [0.15, 0.2) is 0 Å². The number of rotatable bonds is 3. The van der Waals surface area contributed by atoms with Crippen LogP contribution in [-0.4, -0.2) is 19.4 Å². The van der Waals surface area contributed by atoms with E-state index < -0.39 is 0 Å². The summed E-state index contributed by atoms with van der Waals surface area (Å²) in [7, 11) is 1.36. The maximum Gasteiger partial charge on any atom is 0.309 e. The molecule has 3 heteroatoms. The lowest BCUT2D eigenvalue weighted by Crippen LogP contribution is -2.00. The first-order valence-corrected chi connectivity index (χ1v) is 4.34. The molecule has 1 aliphatic carbocycles. The molecule has 0 aromatic heterocycles. The van der Waals surface area contributed by atoms with Gasteiger partial charge in [-0.05, 0) is 17.6 Å². The minimum Gasteiger partial charge on any atom is -0.469 e. The third-order valence-electron chi connectivity index (χ3n) is 1.92. The quantitative estimate of drug-likeness (QED) is 0.503. The average Bonchev–Trinajstić information content (AvgIpc) is 2.43. The molecule has 0 saturated heterocycles. The highest BCUT2D eigenvalue weighted by molar-refractivity contribution is 5.76. The molecule has 0 N–H and O–H groups in total. The van der Waals surface area contributed by atoms with Gasteiger partial charge >= 0.3 is 5.97 Å². The normalized spacial score (nSPS) is 15.2. The molecule has 0 fully saturated rings. The highest BCUT2D eigenvalue weighted by atomic mass is 16.5. The van der Waals surface area contributed by atoms with Crippen molar-refractivity contribution < 1.29 is 14.3 Å². The molecule has 0 aliphatic heterocycles. The molecule has 74 valence electrons. The number of aldehydes is 1. The summed E-state index contributed by atoms with van der Waals surface area (Å²) in [5.41, 5.74) is 1.56. The molecule has 1 rings (SSSR count). The molecule has 0 radical (unpaired) electrons. The van der Waals surface area contributed by atoms with E-state index >= 15 is 0 Å². The zero-order chi connectivity index (χ0) is 10.4. The van der Waals surface area contributed by atoms with Gasteiger partial charge in [0.1, 0.15) is 6.29 Å². The smallest absolute Gasteiger partial charge is 0.309 e. The number of allylic oxidation sites excluding steroid dienone is 5. The Morgan fingerprint density at radius 1 is 1.57 bits per heavy atom. The lowest BCUT2D eigenvalue weighted by molar-refractivity contribution is -0.139.